The van der Waals surface area contributed by atoms with E-state index in [0.717, 1.165) is 36.6 Å². The number of carboxylic acids is 1. The van der Waals surface area contributed by atoms with Crippen molar-refractivity contribution in [1.82, 2.24) is 47.0 Å². The van der Waals surface area contributed by atoms with Crippen LogP contribution >= 0.6 is 35.3 Å². The van der Waals surface area contributed by atoms with Crippen molar-refractivity contribution < 1.29 is 72.5 Å². The Morgan fingerprint density at radius 1 is 0.727 bits per heavy atom. The van der Waals surface area contributed by atoms with Crippen molar-refractivity contribution in [1.29, 1.82) is 0 Å². The Labute approximate surface area is 527 Å². The van der Waals surface area contributed by atoms with Gasteiger partial charge in [0, 0.05) is 30.3 Å². The van der Waals surface area contributed by atoms with E-state index in [1.54, 1.807) is 31.9 Å². The molecule has 10 amide bonds. The van der Waals surface area contributed by atoms with Crippen molar-refractivity contribution in [3.05, 3.63) is 29.3 Å². The van der Waals surface area contributed by atoms with Gasteiger partial charge < -0.3 is 78.3 Å². The van der Waals surface area contributed by atoms with Gasteiger partial charge in [0.25, 0.3) is 5.91 Å². The molecule has 88 heavy (non-hydrogen) atoms. The molecule has 0 radical (unpaired) electrons. The number of benzene rings is 1. The van der Waals surface area contributed by atoms with Crippen LogP contribution in [0.25, 0.3) is 0 Å². The molecule has 30 heteroatoms. The van der Waals surface area contributed by atoms with Crippen LogP contribution in [0.4, 0.5) is 0 Å². The number of unbranched alkanes of at least 4 members (excludes halogenated alkanes) is 1. The predicted octanol–water partition coefficient (Wildman–Crippen LogP) is 0.402. The van der Waals surface area contributed by atoms with Crippen LogP contribution in [0.15, 0.2) is 23.4 Å². The molecule has 2 saturated heterocycles. The molecule has 0 saturated carbocycles. The Morgan fingerprint density at radius 3 is 1.97 bits per heavy atom. The number of hydrogen-bond acceptors (Lipinski definition) is 19. The van der Waals surface area contributed by atoms with Crippen LogP contribution in [0.5, 0.6) is 5.75 Å². The molecule has 2 bridgehead atoms. The summed E-state index contributed by atoms with van der Waals surface area (Å²) in [7, 11) is 0. The van der Waals surface area contributed by atoms with E-state index in [4.69, 9.17) is 21.0 Å². The van der Waals surface area contributed by atoms with E-state index < -0.39 is 138 Å². The predicted molar refractivity (Wildman–Crippen MR) is 335 cm³/mol. The van der Waals surface area contributed by atoms with Gasteiger partial charge in [-0.05, 0) is 145 Å². The number of aliphatic carboxylic acids is 1. The van der Waals surface area contributed by atoms with Gasteiger partial charge in [-0.25, -0.2) is 0 Å². The topological polar surface area (TPSA) is 402 Å². The van der Waals surface area contributed by atoms with Gasteiger partial charge in [-0.3, -0.25) is 52.7 Å². The number of rotatable bonds is 15. The van der Waals surface area contributed by atoms with E-state index in [-0.39, 0.29) is 51.1 Å². The molecule has 11 atom stereocenters. The standard InChI is InChI=1S/C58H92N12O15S3/c1-7-34(2)48-58(83)70-22-15-18-45(70)55(80)68-49(36(4)71)56(81)66-43(50(60)75)33-88-32-38-26-37(31-87-6)27-39(28-38)84-23-12-8-9-13-24-85-61-30-46(72)63-40(16-10-11-20-59)51(76)62-35(3)57(82)69-21-14-17-44(69)54(79)64-41(19-25-86-5)52(77)65-42(29-47(73)74)53(78)67-48/h26-28,30,34-36,40-45,48-49,71H,7-25,29,31-33,59H2,1-6H3,(H2,60,75)(H,62,76)(H,63,72)(H,64,79)(H,65,77)(H,66,81)(H,67,78)(H,68,80)(H,73,74)/b61-30+/t34-,35-,36+,40-,41-,42-,43-,44-,45-,48-,49-/m0/s1. The first-order chi connectivity index (χ1) is 42.0. The van der Waals surface area contributed by atoms with Gasteiger partial charge >= 0.3 is 5.97 Å². The summed E-state index contributed by atoms with van der Waals surface area (Å²) >= 11 is 4.29. The smallest absolute Gasteiger partial charge is 0.305 e. The SMILES string of the molecule is CC[C@H](C)[C@@H]1NC(=O)[C@H](CC(=O)O)NC(=O)[C@H](CCSC)NC(=O)[C@@H]2CCCN2C(=O)[C@H](C)NC(=O)[C@H](CCCCN)NC(=O)/C=N/OCCCCCCOc2cc(CSC)cc(c2)CSC[C@@H](C(N)=O)NC(=O)[C@H]([C@@H](C)O)NC(=O)[C@@H]2CCCN2C1=O. The molecule has 1 aromatic carbocycles. The monoisotopic (exact) mass is 1290 g/mol. The van der Waals surface area contributed by atoms with Crippen molar-refractivity contribution in [2.45, 2.75) is 190 Å². The summed E-state index contributed by atoms with van der Waals surface area (Å²) in [6.07, 6.45) is 7.76. The number of nitrogens with one attached hydrogen (secondary N) is 7. The molecule has 27 nitrogen and oxygen atoms in total. The third-order valence-electron chi connectivity index (χ3n) is 15.3. The molecule has 1 aromatic rings. The van der Waals surface area contributed by atoms with Gasteiger partial charge in [-0.2, -0.15) is 35.3 Å². The molecule has 0 aromatic heterocycles. The van der Waals surface area contributed by atoms with Crippen LogP contribution in [0, 0.1) is 5.92 Å². The maximum atomic E-state index is 14.6. The largest absolute Gasteiger partial charge is 0.494 e. The van der Waals surface area contributed by atoms with E-state index in [2.05, 4.69) is 42.4 Å². The molecule has 492 valence electrons. The minimum atomic E-state index is -1.78. The van der Waals surface area contributed by atoms with Gasteiger partial charge in [-0.1, -0.05) is 31.5 Å². The first kappa shape index (κ1) is 74.1. The molecular formula is C58H92N12O15S3. The Bertz CT molecular complexity index is 2570. The number of nitrogens with two attached hydrogens (primary N) is 2. The van der Waals surface area contributed by atoms with Gasteiger partial charge in [0.15, 0.2) is 0 Å². The minimum Gasteiger partial charge on any atom is -0.494 e. The van der Waals surface area contributed by atoms with Crippen LogP contribution in [0.1, 0.15) is 129 Å². The maximum Gasteiger partial charge on any atom is 0.305 e. The Kier molecular flexibility index (Phi) is 32.8. The summed E-state index contributed by atoms with van der Waals surface area (Å²) in [4.78, 5) is 159. The highest BCUT2D eigenvalue weighted by molar-refractivity contribution is 7.98. The van der Waals surface area contributed by atoms with Crippen LogP contribution in [0.3, 0.4) is 0 Å². The zero-order valence-electron chi connectivity index (χ0n) is 51.3. The average molecular weight is 1290 g/mol. The summed E-state index contributed by atoms with van der Waals surface area (Å²) < 4.78 is 6.15. The summed E-state index contributed by atoms with van der Waals surface area (Å²) in [5.41, 5.74) is 13.4. The summed E-state index contributed by atoms with van der Waals surface area (Å²) in [5.74, 6) is -7.93. The summed E-state index contributed by atoms with van der Waals surface area (Å²) in [6, 6.07) is -5.96. The number of carboxylic acid groups (broad SMARTS) is 1. The van der Waals surface area contributed by atoms with Gasteiger partial charge in [0.2, 0.25) is 53.2 Å². The molecule has 4 rings (SSSR count). The Balaban J connectivity index is 1.62. The lowest BCUT2D eigenvalue weighted by molar-refractivity contribution is -0.145. The third-order valence-corrected chi connectivity index (χ3v) is 17.6. The quantitative estimate of drug-likeness (QED) is 0.106. The fourth-order valence-electron chi connectivity index (χ4n) is 10.2. The van der Waals surface area contributed by atoms with Crippen molar-refractivity contribution in [3.8, 4) is 5.75 Å². The summed E-state index contributed by atoms with van der Waals surface area (Å²) in [6.45, 7) is 7.29. The minimum absolute atomic E-state index is 0.0150. The van der Waals surface area contributed by atoms with Crippen LogP contribution in [-0.2, 0) is 69.1 Å². The second kappa shape index (κ2) is 38.9. The fourth-order valence-corrected chi connectivity index (χ4v) is 12.2. The van der Waals surface area contributed by atoms with Crippen LogP contribution in [0.2, 0.25) is 0 Å². The highest BCUT2D eigenvalue weighted by Gasteiger charge is 2.43. The molecule has 13 N–H and O–H groups in total. The van der Waals surface area contributed by atoms with Crippen LogP contribution in [-0.4, -0.2) is 209 Å². The molecule has 3 aliphatic heterocycles. The molecule has 3 heterocycles. The molecule has 2 fully saturated rings. The number of carbonyl (C=O) groups excluding carboxylic acids is 10. The Hall–Kier alpha value is -6.37. The lowest BCUT2D eigenvalue weighted by Crippen LogP contribution is -2.62. The number of fused-ring (bicyclic) bond motifs is 4. The van der Waals surface area contributed by atoms with Crippen molar-refractivity contribution in [3.63, 3.8) is 0 Å². The number of thioether (sulfide) groups is 3. The maximum absolute atomic E-state index is 14.6. The molecule has 0 aliphatic carbocycles. The summed E-state index contributed by atoms with van der Waals surface area (Å²) in [5, 5.41) is 42.8. The highest BCUT2D eigenvalue weighted by Crippen LogP contribution is 2.26. The van der Waals surface area contributed by atoms with Gasteiger partial charge in [0.05, 0.1) is 19.1 Å². The lowest BCUT2D eigenvalue weighted by atomic mass is 9.96. The average Bonchev–Trinajstić information content (AvgIpc) is 3.60. The number of ether oxygens (including phenoxy) is 1. The van der Waals surface area contributed by atoms with E-state index in [1.807, 2.05) is 24.5 Å². The third kappa shape index (κ3) is 24.2. The molecule has 0 spiro atoms. The van der Waals surface area contributed by atoms with Crippen molar-refractivity contribution in [2.24, 2.45) is 22.5 Å². The van der Waals surface area contributed by atoms with E-state index in [1.165, 1.54) is 47.2 Å². The lowest BCUT2D eigenvalue weighted by Gasteiger charge is -2.33. The molecule has 0 unspecified atom stereocenters. The normalized spacial score (nSPS) is 26.6. The van der Waals surface area contributed by atoms with E-state index in [9.17, 15) is 63.0 Å². The number of primary amides is 1. The van der Waals surface area contributed by atoms with Crippen LogP contribution < -0.4 is 53.4 Å². The van der Waals surface area contributed by atoms with Gasteiger partial charge in [0.1, 0.15) is 72.9 Å². The Morgan fingerprint density at radius 2 is 1.34 bits per heavy atom. The zero-order valence-corrected chi connectivity index (χ0v) is 53.8. The number of oxime groups is 1. The van der Waals surface area contributed by atoms with E-state index in [0.29, 0.717) is 74.7 Å². The number of hydrogen-bond donors (Lipinski definition) is 11. The van der Waals surface area contributed by atoms with Crippen molar-refractivity contribution >= 4 is 107 Å². The number of amides is 10. The number of aliphatic hydroxyl groups is 1. The number of nitrogens with zero attached hydrogens (tertiary/aromatic N) is 3. The zero-order chi connectivity index (χ0) is 64.9. The first-order valence-electron chi connectivity index (χ1n) is 30.1. The second-order valence-electron chi connectivity index (χ2n) is 22.3. The molecular weight excluding hydrogens is 1200 g/mol. The van der Waals surface area contributed by atoms with Gasteiger partial charge in [-0.15, -0.1) is 0 Å². The van der Waals surface area contributed by atoms with E-state index >= 15 is 0 Å². The van der Waals surface area contributed by atoms with Crippen molar-refractivity contribution in [2.75, 3.05) is 56.9 Å². The first-order valence-corrected chi connectivity index (χ1v) is 34.1. The number of carbonyl (C=O) groups is 11. The fraction of sp³-hybridized carbons (Fsp3) is 0.690. The second-order valence-corrected chi connectivity index (χ2v) is 25.2. The highest BCUT2D eigenvalue weighted by atomic mass is 32.2. The molecule has 3 aliphatic rings. The number of aliphatic hydroxyl groups excluding tert-OH is 1.